The maximum absolute atomic E-state index is 12.6. The highest BCUT2D eigenvalue weighted by Gasteiger charge is 2.38. The minimum atomic E-state index is -2.33. The number of benzene rings is 2. The first-order valence-corrected chi connectivity index (χ1v) is 8.42. The van der Waals surface area contributed by atoms with Gasteiger partial charge in [0.2, 0.25) is 6.10 Å². The lowest BCUT2D eigenvalue weighted by molar-refractivity contribution is -0.171. The van der Waals surface area contributed by atoms with Gasteiger partial charge in [0.25, 0.3) is 0 Å². The molecule has 154 valence electrons. The van der Waals surface area contributed by atoms with E-state index in [0.717, 1.165) is 0 Å². The number of aliphatic hydroxyl groups is 1. The predicted octanol–water partition coefficient (Wildman–Crippen LogP) is 1.42. The molecule has 0 aliphatic rings. The fourth-order valence-electron chi connectivity index (χ4n) is 2.41. The molecule has 9 nitrogen and oxygen atoms in total. The Balaban J connectivity index is 2.23. The average Bonchev–Trinajstić information content (AvgIpc) is 2.75. The average molecular weight is 404 g/mol. The SMILES string of the molecule is COc1cccc(OC)c1C(=O)O[C@@H](C(=O)OCc1ccccc1)[C@@H](O)C(=O)O. The number of hydrogen-bond donors (Lipinski definition) is 2. The maximum atomic E-state index is 12.6. The molecule has 0 aromatic heterocycles. The van der Waals surface area contributed by atoms with Gasteiger partial charge in [-0.25, -0.2) is 14.4 Å². The molecule has 2 atom stereocenters. The number of methoxy groups -OCH3 is 2. The van der Waals surface area contributed by atoms with Crippen LogP contribution in [0.4, 0.5) is 0 Å². The van der Waals surface area contributed by atoms with Gasteiger partial charge in [0, 0.05) is 0 Å². The molecule has 2 aromatic rings. The summed E-state index contributed by atoms with van der Waals surface area (Å²) < 4.78 is 20.2. The molecule has 0 amide bonds. The monoisotopic (exact) mass is 404 g/mol. The predicted molar refractivity (Wildman–Crippen MR) is 98.6 cm³/mol. The number of esters is 2. The minimum Gasteiger partial charge on any atom is -0.496 e. The molecule has 2 rings (SSSR count). The van der Waals surface area contributed by atoms with Crippen LogP contribution in [-0.4, -0.2) is 54.5 Å². The standard InChI is InChI=1S/C20H20O9/c1-26-13-9-6-10-14(27-2)15(13)19(24)29-17(16(21)18(22)23)20(25)28-11-12-7-4-3-5-8-12/h3-10,16-17,21H,11H2,1-2H3,(H,22,23)/t16-,17-/m1/s1. The van der Waals surface area contributed by atoms with Gasteiger partial charge in [0.05, 0.1) is 14.2 Å². The van der Waals surface area contributed by atoms with Crippen LogP contribution >= 0.6 is 0 Å². The number of aliphatic hydroxyl groups excluding tert-OH is 1. The third kappa shape index (κ3) is 5.45. The minimum absolute atomic E-state index is 0.0792. The Bertz CT molecular complexity index is 841. The number of rotatable bonds is 9. The Labute approximate surface area is 166 Å². The number of aliphatic carboxylic acids is 1. The molecule has 0 saturated heterocycles. The van der Waals surface area contributed by atoms with E-state index in [-0.39, 0.29) is 23.7 Å². The molecule has 0 spiro atoms. The largest absolute Gasteiger partial charge is 0.496 e. The molecular formula is C20H20O9. The summed E-state index contributed by atoms with van der Waals surface area (Å²) in [5.41, 5.74) is 0.457. The van der Waals surface area contributed by atoms with Gasteiger partial charge in [-0.3, -0.25) is 0 Å². The second kappa shape index (κ2) is 10.1. The fraction of sp³-hybridized carbons (Fsp3) is 0.250. The normalized spacial score (nSPS) is 12.4. The van der Waals surface area contributed by atoms with Gasteiger partial charge in [-0.2, -0.15) is 0 Å². The summed E-state index contributed by atoms with van der Waals surface area (Å²) in [6.07, 6.45) is -4.43. The highest BCUT2D eigenvalue weighted by Crippen LogP contribution is 2.29. The van der Waals surface area contributed by atoms with Crippen molar-refractivity contribution in [1.82, 2.24) is 0 Å². The number of hydrogen-bond acceptors (Lipinski definition) is 8. The van der Waals surface area contributed by atoms with Crippen LogP contribution in [0.1, 0.15) is 15.9 Å². The van der Waals surface area contributed by atoms with E-state index in [1.807, 2.05) is 0 Å². The molecule has 9 heteroatoms. The van der Waals surface area contributed by atoms with Gasteiger partial charge >= 0.3 is 17.9 Å². The smallest absolute Gasteiger partial charge is 0.351 e. The van der Waals surface area contributed by atoms with Crippen LogP contribution in [0.25, 0.3) is 0 Å². The van der Waals surface area contributed by atoms with Crippen LogP contribution in [0.2, 0.25) is 0 Å². The van der Waals surface area contributed by atoms with Crippen LogP contribution in [-0.2, 0) is 25.7 Å². The lowest BCUT2D eigenvalue weighted by atomic mass is 10.1. The highest BCUT2D eigenvalue weighted by molar-refractivity contribution is 5.97. The molecule has 0 heterocycles. The van der Waals surface area contributed by atoms with E-state index in [1.165, 1.54) is 26.4 Å². The number of ether oxygens (including phenoxy) is 4. The van der Waals surface area contributed by atoms with E-state index >= 15 is 0 Å². The lowest BCUT2D eigenvalue weighted by Gasteiger charge is -2.20. The molecule has 0 bridgehead atoms. The van der Waals surface area contributed by atoms with Crippen LogP contribution in [0, 0.1) is 0 Å². The Morgan fingerprint density at radius 3 is 2.03 bits per heavy atom. The van der Waals surface area contributed by atoms with Crippen molar-refractivity contribution in [2.24, 2.45) is 0 Å². The van der Waals surface area contributed by atoms with Crippen molar-refractivity contribution in [3.8, 4) is 11.5 Å². The summed E-state index contributed by atoms with van der Waals surface area (Å²) in [5.74, 6) is -3.94. The molecule has 0 aliphatic carbocycles. The summed E-state index contributed by atoms with van der Waals surface area (Å²) in [4.78, 5) is 36.2. The summed E-state index contributed by atoms with van der Waals surface area (Å²) in [6, 6.07) is 13.0. The van der Waals surface area contributed by atoms with Crippen molar-refractivity contribution in [1.29, 1.82) is 0 Å². The topological polar surface area (TPSA) is 129 Å². The zero-order chi connectivity index (χ0) is 21.4. The van der Waals surface area contributed by atoms with Gasteiger partial charge in [-0.1, -0.05) is 36.4 Å². The number of carbonyl (C=O) groups is 3. The van der Waals surface area contributed by atoms with E-state index in [0.29, 0.717) is 5.56 Å². The second-order valence-electron chi connectivity index (χ2n) is 5.74. The quantitative estimate of drug-likeness (QED) is 0.596. The molecule has 0 saturated carbocycles. The van der Waals surface area contributed by atoms with E-state index < -0.39 is 30.1 Å². The molecule has 0 radical (unpaired) electrons. The summed E-state index contributed by atoms with van der Waals surface area (Å²) >= 11 is 0. The van der Waals surface area contributed by atoms with Crippen LogP contribution in [0.3, 0.4) is 0 Å². The van der Waals surface area contributed by atoms with E-state index in [9.17, 15) is 19.5 Å². The van der Waals surface area contributed by atoms with Crippen molar-refractivity contribution in [3.05, 3.63) is 59.7 Å². The molecular weight excluding hydrogens is 384 g/mol. The number of carbonyl (C=O) groups excluding carboxylic acids is 2. The van der Waals surface area contributed by atoms with Crippen molar-refractivity contribution in [2.45, 2.75) is 18.8 Å². The van der Waals surface area contributed by atoms with Gasteiger partial charge in [-0.05, 0) is 17.7 Å². The maximum Gasteiger partial charge on any atom is 0.351 e. The summed E-state index contributed by atoms with van der Waals surface area (Å²) in [6.45, 7) is -0.196. The summed E-state index contributed by atoms with van der Waals surface area (Å²) in [7, 11) is 2.62. The molecule has 0 unspecified atom stereocenters. The molecule has 2 N–H and O–H groups in total. The van der Waals surface area contributed by atoms with Crippen molar-refractivity contribution in [3.63, 3.8) is 0 Å². The Hall–Kier alpha value is -3.59. The van der Waals surface area contributed by atoms with Crippen molar-refractivity contribution < 1.29 is 43.5 Å². The zero-order valence-corrected chi connectivity index (χ0v) is 15.7. The Kier molecular flexibility index (Phi) is 7.55. The molecule has 0 fully saturated rings. The number of carboxylic acid groups (broad SMARTS) is 1. The van der Waals surface area contributed by atoms with E-state index in [4.69, 9.17) is 24.1 Å². The number of carboxylic acids is 1. The Morgan fingerprint density at radius 2 is 1.52 bits per heavy atom. The van der Waals surface area contributed by atoms with Gasteiger partial charge in [0.1, 0.15) is 23.7 Å². The van der Waals surface area contributed by atoms with Crippen LogP contribution in [0.15, 0.2) is 48.5 Å². The third-order valence-corrected chi connectivity index (χ3v) is 3.86. The first-order valence-electron chi connectivity index (χ1n) is 8.42. The molecule has 0 aliphatic heterocycles. The summed E-state index contributed by atoms with van der Waals surface area (Å²) in [5, 5.41) is 18.9. The van der Waals surface area contributed by atoms with Gasteiger partial charge < -0.3 is 29.2 Å². The molecule has 29 heavy (non-hydrogen) atoms. The molecule has 2 aromatic carbocycles. The Morgan fingerprint density at radius 1 is 0.931 bits per heavy atom. The van der Waals surface area contributed by atoms with Gasteiger partial charge in [0.15, 0.2) is 6.10 Å². The first-order chi connectivity index (χ1) is 13.9. The van der Waals surface area contributed by atoms with Crippen LogP contribution in [0.5, 0.6) is 11.5 Å². The second-order valence-corrected chi connectivity index (χ2v) is 5.74. The van der Waals surface area contributed by atoms with Gasteiger partial charge in [-0.15, -0.1) is 0 Å². The zero-order valence-electron chi connectivity index (χ0n) is 15.7. The third-order valence-electron chi connectivity index (χ3n) is 3.86. The van der Waals surface area contributed by atoms with Crippen molar-refractivity contribution >= 4 is 17.9 Å². The lowest BCUT2D eigenvalue weighted by Crippen LogP contribution is -2.44. The van der Waals surface area contributed by atoms with E-state index in [2.05, 4.69) is 0 Å². The fourth-order valence-corrected chi connectivity index (χ4v) is 2.41. The first kappa shape index (κ1) is 21.7. The van der Waals surface area contributed by atoms with Crippen LogP contribution < -0.4 is 9.47 Å². The van der Waals surface area contributed by atoms with Crippen molar-refractivity contribution in [2.75, 3.05) is 14.2 Å². The van der Waals surface area contributed by atoms with E-state index in [1.54, 1.807) is 36.4 Å². The highest BCUT2D eigenvalue weighted by atomic mass is 16.6.